The van der Waals surface area contributed by atoms with E-state index in [2.05, 4.69) is 79.0 Å². The molecule has 1 fully saturated rings. The van der Waals surface area contributed by atoms with E-state index in [0.29, 0.717) is 10.8 Å². The SMILES string of the molecule is CC(C)(C)C(C)(C)N1CCN(C(C)(C)C(C)(C)C)CC1. The van der Waals surface area contributed by atoms with Crippen LogP contribution in [0.5, 0.6) is 0 Å². The molecule has 0 aromatic carbocycles. The van der Waals surface area contributed by atoms with Crippen LogP contribution in [0.3, 0.4) is 0 Å². The van der Waals surface area contributed by atoms with Crippen LogP contribution in [0.25, 0.3) is 0 Å². The Morgan fingerprint density at radius 1 is 0.450 bits per heavy atom. The fourth-order valence-corrected chi connectivity index (χ4v) is 2.77. The maximum absolute atomic E-state index is 2.68. The van der Waals surface area contributed by atoms with Crippen LogP contribution in [-0.4, -0.2) is 47.1 Å². The average Bonchev–Trinajstić information content (AvgIpc) is 2.26. The summed E-state index contributed by atoms with van der Waals surface area (Å²) in [5.41, 5.74) is 1.14. The molecule has 0 aromatic heterocycles. The first-order valence-corrected chi connectivity index (χ1v) is 8.21. The van der Waals surface area contributed by atoms with Crippen LogP contribution in [0.2, 0.25) is 0 Å². The van der Waals surface area contributed by atoms with Gasteiger partial charge in [-0.3, -0.25) is 9.80 Å². The quantitative estimate of drug-likeness (QED) is 0.747. The highest BCUT2D eigenvalue weighted by Gasteiger charge is 2.43. The first-order chi connectivity index (χ1) is 8.71. The highest BCUT2D eigenvalue weighted by molar-refractivity contribution is 4.98. The van der Waals surface area contributed by atoms with Crippen molar-refractivity contribution in [3.05, 3.63) is 0 Å². The number of rotatable bonds is 2. The molecule has 0 aliphatic carbocycles. The summed E-state index contributed by atoms with van der Waals surface area (Å²) in [4.78, 5) is 5.37. The lowest BCUT2D eigenvalue weighted by Crippen LogP contribution is -2.64. The molecule has 1 rings (SSSR count). The van der Waals surface area contributed by atoms with Gasteiger partial charge < -0.3 is 0 Å². The zero-order chi connectivity index (χ0) is 16.0. The predicted octanol–water partition coefficient (Wildman–Crippen LogP) is 4.25. The maximum Gasteiger partial charge on any atom is 0.0202 e. The number of hydrogen-bond donors (Lipinski definition) is 0. The van der Waals surface area contributed by atoms with E-state index >= 15 is 0 Å². The molecule has 2 heteroatoms. The van der Waals surface area contributed by atoms with Gasteiger partial charge in [0, 0.05) is 37.3 Å². The van der Waals surface area contributed by atoms with E-state index in [-0.39, 0.29) is 11.1 Å². The lowest BCUT2D eigenvalue weighted by molar-refractivity contribution is -0.0590. The van der Waals surface area contributed by atoms with E-state index in [9.17, 15) is 0 Å². The molecular formula is C18H38N2. The summed E-state index contributed by atoms with van der Waals surface area (Å²) in [6.45, 7) is 28.5. The molecular weight excluding hydrogens is 244 g/mol. The molecule has 1 aliphatic heterocycles. The predicted molar refractivity (Wildman–Crippen MR) is 90.2 cm³/mol. The third-order valence-electron chi connectivity index (χ3n) is 6.53. The first kappa shape index (κ1) is 18.0. The van der Waals surface area contributed by atoms with Gasteiger partial charge in [0.1, 0.15) is 0 Å². The molecule has 0 amide bonds. The summed E-state index contributed by atoms with van der Waals surface area (Å²) in [5.74, 6) is 0. The van der Waals surface area contributed by atoms with Gasteiger partial charge in [-0.1, -0.05) is 41.5 Å². The lowest BCUT2D eigenvalue weighted by Gasteiger charge is -2.55. The Hall–Kier alpha value is -0.0800. The summed E-state index contributed by atoms with van der Waals surface area (Å²) in [6.07, 6.45) is 0. The molecule has 0 aromatic rings. The van der Waals surface area contributed by atoms with Gasteiger partial charge in [-0.15, -0.1) is 0 Å². The van der Waals surface area contributed by atoms with Crippen molar-refractivity contribution < 1.29 is 0 Å². The van der Waals surface area contributed by atoms with Crippen LogP contribution in [0.4, 0.5) is 0 Å². The van der Waals surface area contributed by atoms with Gasteiger partial charge in [0.25, 0.3) is 0 Å². The Balaban J connectivity index is 2.75. The monoisotopic (exact) mass is 282 g/mol. The third kappa shape index (κ3) is 3.22. The van der Waals surface area contributed by atoms with E-state index in [0.717, 1.165) is 0 Å². The largest absolute Gasteiger partial charge is 0.295 e. The second-order valence-corrected chi connectivity index (χ2v) is 9.59. The molecule has 20 heavy (non-hydrogen) atoms. The van der Waals surface area contributed by atoms with Crippen molar-refractivity contribution in [1.82, 2.24) is 9.80 Å². The fourth-order valence-electron chi connectivity index (χ4n) is 2.77. The molecule has 1 saturated heterocycles. The Bertz CT molecular complexity index is 286. The summed E-state index contributed by atoms with van der Waals surface area (Å²) >= 11 is 0. The molecule has 0 spiro atoms. The van der Waals surface area contributed by atoms with Gasteiger partial charge in [0.2, 0.25) is 0 Å². The third-order valence-corrected chi connectivity index (χ3v) is 6.53. The Kier molecular flexibility index (Phi) is 4.74. The van der Waals surface area contributed by atoms with Gasteiger partial charge in [-0.2, -0.15) is 0 Å². The first-order valence-electron chi connectivity index (χ1n) is 8.21. The molecule has 0 atom stereocenters. The van der Waals surface area contributed by atoms with Gasteiger partial charge in [0.15, 0.2) is 0 Å². The molecule has 1 heterocycles. The van der Waals surface area contributed by atoms with Crippen molar-refractivity contribution in [1.29, 1.82) is 0 Å². The Labute approximate surface area is 127 Å². The van der Waals surface area contributed by atoms with Crippen LogP contribution >= 0.6 is 0 Å². The normalized spacial score (nSPS) is 21.3. The van der Waals surface area contributed by atoms with Crippen LogP contribution < -0.4 is 0 Å². The summed E-state index contributed by atoms with van der Waals surface area (Å²) < 4.78 is 0. The molecule has 0 saturated carbocycles. The smallest absolute Gasteiger partial charge is 0.0202 e. The fraction of sp³-hybridized carbons (Fsp3) is 1.00. The minimum absolute atomic E-state index is 0.255. The molecule has 0 bridgehead atoms. The number of hydrogen-bond acceptors (Lipinski definition) is 2. The standard InChI is InChI=1S/C18H38N2/c1-15(2,3)17(7,8)19-11-13-20(14-12-19)18(9,10)16(4,5)6/h11-14H2,1-10H3. The van der Waals surface area contributed by atoms with Gasteiger partial charge >= 0.3 is 0 Å². The van der Waals surface area contributed by atoms with Crippen molar-refractivity contribution in [2.75, 3.05) is 26.2 Å². The van der Waals surface area contributed by atoms with Gasteiger partial charge in [0.05, 0.1) is 0 Å². The molecule has 1 aliphatic rings. The minimum Gasteiger partial charge on any atom is -0.295 e. The topological polar surface area (TPSA) is 6.48 Å². The maximum atomic E-state index is 2.68. The zero-order valence-electron chi connectivity index (χ0n) is 15.7. The van der Waals surface area contributed by atoms with E-state index in [1.54, 1.807) is 0 Å². The van der Waals surface area contributed by atoms with E-state index < -0.39 is 0 Å². The van der Waals surface area contributed by atoms with E-state index in [4.69, 9.17) is 0 Å². The Morgan fingerprint density at radius 3 is 0.800 bits per heavy atom. The number of nitrogens with zero attached hydrogens (tertiary/aromatic N) is 2. The zero-order valence-corrected chi connectivity index (χ0v) is 15.7. The number of piperazine rings is 1. The van der Waals surface area contributed by atoms with Crippen LogP contribution in [0.15, 0.2) is 0 Å². The van der Waals surface area contributed by atoms with Crippen molar-refractivity contribution in [3.63, 3.8) is 0 Å². The van der Waals surface area contributed by atoms with Crippen molar-refractivity contribution >= 4 is 0 Å². The second kappa shape index (κ2) is 5.28. The van der Waals surface area contributed by atoms with Gasteiger partial charge in [-0.25, -0.2) is 0 Å². The molecule has 2 nitrogen and oxygen atoms in total. The molecule has 0 radical (unpaired) electrons. The van der Waals surface area contributed by atoms with Crippen LogP contribution in [0.1, 0.15) is 69.2 Å². The van der Waals surface area contributed by atoms with E-state index in [1.165, 1.54) is 26.2 Å². The summed E-state index contributed by atoms with van der Waals surface area (Å²) in [5, 5.41) is 0. The summed E-state index contributed by atoms with van der Waals surface area (Å²) in [6, 6.07) is 0. The average molecular weight is 283 g/mol. The van der Waals surface area contributed by atoms with Crippen molar-refractivity contribution in [3.8, 4) is 0 Å². The van der Waals surface area contributed by atoms with Crippen LogP contribution in [-0.2, 0) is 0 Å². The van der Waals surface area contributed by atoms with Crippen LogP contribution in [0, 0.1) is 10.8 Å². The van der Waals surface area contributed by atoms with Crippen molar-refractivity contribution in [2.24, 2.45) is 10.8 Å². The second-order valence-electron chi connectivity index (χ2n) is 9.59. The Morgan fingerprint density at radius 2 is 0.650 bits per heavy atom. The van der Waals surface area contributed by atoms with Crippen molar-refractivity contribution in [2.45, 2.75) is 80.3 Å². The molecule has 0 unspecified atom stereocenters. The molecule has 120 valence electrons. The van der Waals surface area contributed by atoms with E-state index in [1.807, 2.05) is 0 Å². The lowest BCUT2D eigenvalue weighted by atomic mass is 9.73. The molecule has 0 N–H and O–H groups in total. The van der Waals surface area contributed by atoms with Gasteiger partial charge in [-0.05, 0) is 38.5 Å². The highest BCUT2D eigenvalue weighted by Crippen LogP contribution is 2.39. The highest BCUT2D eigenvalue weighted by atomic mass is 15.3. The summed E-state index contributed by atoms with van der Waals surface area (Å²) in [7, 11) is 0. The minimum atomic E-state index is 0.255.